The van der Waals surface area contributed by atoms with E-state index in [0.717, 1.165) is 11.3 Å². The van der Waals surface area contributed by atoms with Crippen LogP contribution in [-0.4, -0.2) is 13.2 Å². The Hall–Kier alpha value is -1.02. The summed E-state index contributed by atoms with van der Waals surface area (Å²) in [5.41, 5.74) is 1.02. The molecule has 0 unspecified atom stereocenters. The number of fused-ring (bicyclic) bond motifs is 1. The van der Waals surface area contributed by atoms with Crippen LogP contribution in [-0.2, 0) is 11.3 Å². The van der Waals surface area contributed by atoms with Gasteiger partial charge in [0.15, 0.2) is 0 Å². The summed E-state index contributed by atoms with van der Waals surface area (Å²) in [6, 6.07) is 8.82. The summed E-state index contributed by atoms with van der Waals surface area (Å²) >= 11 is 0. The fraction of sp³-hybridized carbons (Fsp3) is 0.333. The molecule has 1 aromatic carbocycles. The molecule has 2 heteroatoms. The molecule has 0 amide bonds. The molecule has 0 atom stereocenters. The van der Waals surface area contributed by atoms with Crippen molar-refractivity contribution in [3.8, 4) is 5.75 Å². The van der Waals surface area contributed by atoms with Gasteiger partial charge >= 0.3 is 0 Å². The highest BCUT2D eigenvalue weighted by Crippen LogP contribution is 2.19. The first-order valence-corrected chi connectivity index (χ1v) is 3.67. The van der Waals surface area contributed by atoms with E-state index in [1.807, 2.05) is 18.2 Å². The van der Waals surface area contributed by atoms with Crippen molar-refractivity contribution in [2.24, 2.45) is 0 Å². The second kappa shape index (κ2) is 2.93. The third-order valence-corrected chi connectivity index (χ3v) is 1.63. The van der Waals surface area contributed by atoms with Gasteiger partial charge in [-0.25, -0.2) is 0 Å². The Kier molecular flexibility index (Phi) is 1.78. The van der Waals surface area contributed by atoms with Gasteiger partial charge in [0.2, 0.25) is 0 Å². The molecule has 0 spiro atoms. The highest BCUT2D eigenvalue weighted by Gasteiger charge is 2.06. The average molecular weight is 149 g/mol. The van der Waals surface area contributed by atoms with E-state index < -0.39 is 0 Å². The molecule has 1 aromatic rings. The molecule has 1 aliphatic rings. The molecule has 11 heavy (non-hydrogen) atoms. The zero-order valence-electron chi connectivity index (χ0n) is 6.17. The highest BCUT2D eigenvalue weighted by molar-refractivity contribution is 5.32. The maximum atomic E-state index is 5.39. The van der Waals surface area contributed by atoms with Crippen LogP contribution < -0.4 is 4.74 Å². The predicted molar refractivity (Wildman–Crippen MR) is 40.4 cm³/mol. The van der Waals surface area contributed by atoms with Crippen LogP contribution in [0.4, 0.5) is 0 Å². The van der Waals surface area contributed by atoms with Crippen LogP contribution >= 0.6 is 0 Å². The van der Waals surface area contributed by atoms with Crippen molar-refractivity contribution < 1.29 is 9.47 Å². The fourth-order valence-electron chi connectivity index (χ4n) is 1.09. The van der Waals surface area contributed by atoms with Crippen LogP contribution in [0.25, 0.3) is 0 Å². The molecule has 0 saturated carbocycles. The second-order valence-electron chi connectivity index (χ2n) is 2.41. The Balaban J connectivity index is 2.33. The number of rotatable bonds is 0. The maximum Gasteiger partial charge on any atom is 0.125 e. The van der Waals surface area contributed by atoms with Gasteiger partial charge in [0.05, 0.1) is 13.2 Å². The van der Waals surface area contributed by atoms with Crippen LogP contribution in [0.2, 0.25) is 0 Å². The van der Waals surface area contributed by atoms with E-state index >= 15 is 0 Å². The Morgan fingerprint density at radius 3 is 3.36 bits per heavy atom. The Morgan fingerprint density at radius 2 is 2.36 bits per heavy atom. The monoisotopic (exact) mass is 149 g/mol. The Bertz CT molecular complexity index is 220. The molecule has 2 rings (SSSR count). The lowest BCUT2D eigenvalue weighted by Gasteiger charge is -2.02. The molecule has 1 radical (unpaired) electrons. The molecule has 0 aromatic heterocycles. The lowest BCUT2D eigenvalue weighted by Crippen LogP contribution is -2.00. The minimum Gasteiger partial charge on any atom is -0.491 e. The zero-order valence-corrected chi connectivity index (χ0v) is 6.17. The standard InChI is InChI=1S/C9H9O2/c1-2-4-9-8(3-1)7-10-5-6-11-9/h1-2,4H,5-7H2. The molecule has 0 aliphatic carbocycles. The molecular formula is C9H9O2. The van der Waals surface area contributed by atoms with Gasteiger partial charge in [-0.1, -0.05) is 12.1 Å². The van der Waals surface area contributed by atoms with E-state index in [1.165, 1.54) is 0 Å². The summed E-state index contributed by atoms with van der Waals surface area (Å²) in [5, 5.41) is 0. The van der Waals surface area contributed by atoms with Crippen molar-refractivity contribution in [1.82, 2.24) is 0 Å². The predicted octanol–water partition coefficient (Wildman–Crippen LogP) is 1.40. The number of hydrogen-bond acceptors (Lipinski definition) is 2. The number of ether oxygens (including phenoxy) is 2. The number of hydrogen-bond donors (Lipinski definition) is 0. The van der Waals surface area contributed by atoms with Gasteiger partial charge in [-0.15, -0.1) is 0 Å². The van der Waals surface area contributed by atoms with Gasteiger partial charge in [0, 0.05) is 5.56 Å². The van der Waals surface area contributed by atoms with E-state index in [4.69, 9.17) is 9.47 Å². The third kappa shape index (κ3) is 1.35. The van der Waals surface area contributed by atoms with Crippen LogP contribution in [0.15, 0.2) is 18.2 Å². The van der Waals surface area contributed by atoms with Crippen molar-refractivity contribution in [3.05, 3.63) is 29.8 Å². The maximum absolute atomic E-state index is 5.39. The molecule has 0 fully saturated rings. The van der Waals surface area contributed by atoms with Gasteiger partial charge in [-0.2, -0.15) is 0 Å². The van der Waals surface area contributed by atoms with Gasteiger partial charge in [0.25, 0.3) is 0 Å². The van der Waals surface area contributed by atoms with Crippen molar-refractivity contribution >= 4 is 0 Å². The van der Waals surface area contributed by atoms with Gasteiger partial charge in [-0.05, 0) is 12.1 Å². The lowest BCUT2D eigenvalue weighted by atomic mass is 10.2. The summed E-state index contributed by atoms with van der Waals surface area (Å²) in [5.74, 6) is 0.907. The molecule has 1 heterocycles. The van der Waals surface area contributed by atoms with E-state index in [2.05, 4.69) is 6.07 Å². The molecule has 0 N–H and O–H groups in total. The summed E-state index contributed by atoms with van der Waals surface area (Å²) in [6.45, 7) is 1.93. The van der Waals surface area contributed by atoms with E-state index in [1.54, 1.807) is 0 Å². The fourth-order valence-corrected chi connectivity index (χ4v) is 1.09. The minimum absolute atomic E-state index is 0.621. The number of benzene rings is 1. The molecular weight excluding hydrogens is 140 g/mol. The van der Waals surface area contributed by atoms with Crippen LogP contribution in [0.3, 0.4) is 0 Å². The van der Waals surface area contributed by atoms with Gasteiger partial charge in [0.1, 0.15) is 12.4 Å². The highest BCUT2D eigenvalue weighted by atomic mass is 16.5. The normalized spacial score (nSPS) is 16.4. The third-order valence-electron chi connectivity index (χ3n) is 1.63. The second-order valence-corrected chi connectivity index (χ2v) is 2.41. The lowest BCUT2D eigenvalue weighted by molar-refractivity contribution is 0.107. The molecule has 2 nitrogen and oxygen atoms in total. The summed E-state index contributed by atoms with van der Waals surface area (Å²) in [7, 11) is 0. The van der Waals surface area contributed by atoms with Crippen molar-refractivity contribution in [3.63, 3.8) is 0 Å². The average Bonchev–Trinajstić information content (AvgIpc) is 2.28. The summed E-state index contributed by atoms with van der Waals surface area (Å²) < 4.78 is 10.7. The topological polar surface area (TPSA) is 18.5 Å². The zero-order chi connectivity index (χ0) is 7.52. The van der Waals surface area contributed by atoms with Crippen LogP contribution in [0.1, 0.15) is 5.56 Å². The van der Waals surface area contributed by atoms with Gasteiger partial charge in [-0.3, -0.25) is 0 Å². The first-order chi connectivity index (χ1) is 5.47. The van der Waals surface area contributed by atoms with Crippen LogP contribution in [0, 0.1) is 6.07 Å². The largest absolute Gasteiger partial charge is 0.491 e. The van der Waals surface area contributed by atoms with Crippen molar-refractivity contribution in [2.75, 3.05) is 13.2 Å². The van der Waals surface area contributed by atoms with Crippen LogP contribution in [0.5, 0.6) is 5.75 Å². The Morgan fingerprint density at radius 1 is 1.36 bits per heavy atom. The quantitative estimate of drug-likeness (QED) is 0.555. The van der Waals surface area contributed by atoms with E-state index in [0.29, 0.717) is 19.8 Å². The van der Waals surface area contributed by atoms with E-state index in [-0.39, 0.29) is 0 Å². The van der Waals surface area contributed by atoms with E-state index in [9.17, 15) is 0 Å². The first-order valence-electron chi connectivity index (χ1n) is 3.67. The van der Waals surface area contributed by atoms with Crippen molar-refractivity contribution in [1.29, 1.82) is 0 Å². The van der Waals surface area contributed by atoms with Gasteiger partial charge < -0.3 is 9.47 Å². The molecule has 1 aliphatic heterocycles. The first kappa shape index (κ1) is 6.68. The molecule has 0 saturated heterocycles. The Labute approximate surface area is 65.7 Å². The summed E-state index contributed by atoms with van der Waals surface area (Å²) in [6.07, 6.45) is 0. The SMILES string of the molecule is [c]1cccc2c1COCCO2. The smallest absolute Gasteiger partial charge is 0.125 e. The minimum atomic E-state index is 0.621. The summed E-state index contributed by atoms with van der Waals surface area (Å²) in [4.78, 5) is 0. The van der Waals surface area contributed by atoms with Crippen molar-refractivity contribution in [2.45, 2.75) is 6.61 Å². The molecule has 57 valence electrons. The molecule has 0 bridgehead atoms.